The summed E-state index contributed by atoms with van der Waals surface area (Å²) in [4.78, 5) is 28.4. The number of anilines is 1. The van der Waals surface area contributed by atoms with Crippen molar-refractivity contribution in [3.63, 3.8) is 0 Å². The van der Waals surface area contributed by atoms with Crippen molar-refractivity contribution in [1.29, 1.82) is 0 Å². The van der Waals surface area contributed by atoms with Crippen molar-refractivity contribution < 1.29 is 31.2 Å². The lowest BCUT2D eigenvalue weighted by molar-refractivity contribution is -0.140. The highest BCUT2D eigenvalue weighted by atomic mass is 35.5. The Hall–Kier alpha value is -3.28. The van der Waals surface area contributed by atoms with Crippen LogP contribution in [-0.2, 0) is 32.3 Å². The van der Waals surface area contributed by atoms with Crippen LogP contribution in [0.1, 0.15) is 43.9 Å². The lowest BCUT2D eigenvalue weighted by Crippen LogP contribution is -2.52. The van der Waals surface area contributed by atoms with Gasteiger partial charge in [-0.3, -0.25) is 13.9 Å². The maximum Gasteiger partial charge on any atom is 0.417 e. The van der Waals surface area contributed by atoms with Crippen molar-refractivity contribution in [1.82, 2.24) is 10.2 Å². The van der Waals surface area contributed by atoms with E-state index >= 15 is 0 Å². The molecule has 0 spiro atoms. The molecule has 1 unspecified atom stereocenters. The summed E-state index contributed by atoms with van der Waals surface area (Å²) in [6, 6.07) is 13.9. The molecule has 0 saturated carbocycles. The topological polar surface area (TPSA) is 86.8 Å². The molecule has 7 nitrogen and oxygen atoms in total. The van der Waals surface area contributed by atoms with Crippen LogP contribution in [0.15, 0.2) is 71.6 Å². The van der Waals surface area contributed by atoms with Crippen molar-refractivity contribution in [2.24, 2.45) is 5.92 Å². The van der Waals surface area contributed by atoms with Gasteiger partial charge in [-0.2, -0.15) is 13.2 Å². The van der Waals surface area contributed by atoms with Crippen LogP contribution in [0.2, 0.25) is 10.0 Å². The predicted molar refractivity (Wildman–Crippen MR) is 166 cm³/mol. The first-order valence-corrected chi connectivity index (χ1v) is 16.0. The lowest BCUT2D eigenvalue weighted by Gasteiger charge is -2.33. The number of halogens is 5. The molecule has 0 aliphatic rings. The maximum absolute atomic E-state index is 14.1. The molecular formula is C31H34Cl2F3N3O4S. The van der Waals surface area contributed by atoms with Crippen molar-refractivity contribution in [2.45, 2.75) is 57.8 Å². The highest BCUT2D eigenvalue weighted by Crippen LogP contribution is 2.38. The molecule has 13 heteroatoms. The third-order valence-electron chi connectivity index (χ3n) is 6.80. The molecule has 3 rings (SSSR count). The fourth-order valence-electron chi connectivity index (χ4n) is 4.40. The molecule has 238 valence electrons. The summed E-state index contributed by atoms with van der Waals surface area (Å²) in [5, 5.41) is 2.50. The normalized spacial score (nSPS) is 12.6. The predicted octanol–water partition coefficient (Wildman–Crippen LogP) is 7.10. The minimum Gasteiger partial charge on any atom is -0.354 e. The van der Waals surface area contributed by atoms with Crippen LogP contribution in [0.3, 0.4) is 0 Å². The molecule has 1 atom stereocenters. The molecule has 3 aromatic carbocycles. The zero-order chi connectivity index (χ0) is 32.8. The first-order chi connectivity index (χ1) is 20.6. The van der Waals surface area contributed by atoms with Gasteiger partial charge < -0.3 is 10.2 Å². The summed E-state index contributed by atoms with van der Waals surface area (Å²) in [6.45, 7) is 6.53. The van der Waals surface area contributed by atoms with Crippen molar-refractivity contribution in [2.75, 3.05) is 17.4 Å². The Balaban J connectivity index is 2.15. The van der Waals surface area contributed by atoms with E-state index in [-0.39, 0.29) is 23.8 Å². The standard InChI is InChI=1S/C31H34Cl2F3N3O4S/c1-5-28(30(41)37-17-20(2)3)38(18-22-8-6-7-9-26(22)32)29(40)19-39(44(42,43)24-13-10-21(4)11-14-24)23-12-15-27(33)25(16-23)31(34,35)36/h6-16,20,28H,5,17-19H2,1-4H3,(H,37,41). The largest absolute Gasteiger partial charge is 0.417 e. The molecule has 2 amide bonds. The first-order valence-electron chi connectivity index (χ1n) is 13.8. The van der Waals surface area contributed by atoms with Gasteiger partial charge in [-0.25, -0.2) is 8.42 Å². The van der Waals surface area contributed by atoms with E-state index in [1.54, 1.807) is 38.1 Å². The van der Waals surface area contributed by atoms with Crippen LogP contribution in [0.5, 0.6) is 0 Å². The lowest BCUT2D eigenvalue weighted by atomic mass is 10.1. The van der Waals surface area contributed by atoms with Gasteiger partial charge in [-0.05, 0) is 61.2 Å². The number of aryl methyl sites for hydroxylation is 1. The summed E-state index contributed by atoms with van der Waals surface area (Å²) in [5.41, 5.74) is -0.441. The average Bonchev–Trinajstić information content (AvgIpc) is 2.95. The number of hydrogen-bond donors (Lipinski definition) is 1. The second-order valence-corrected chi connectivity index (χ2v) is 13.3. The van der Waals surface area contributed by atoms with Gasteiger partial charge in [-0.1, -0.05) is 79.9 Å². The smallest absolute Gasteiger partial charge is 0.354 e. The van der Waals surface area contributed by atoms with Crippen LogP contribution in [0.4, 0.5) is 18.9 Å². The van der Waals surface area contributed by atoms with Gasteiger partial charge in [0.15, 0.2) is 0 Å². The zero-order valence-corrected chi connectivity index (χ0v) is 27.0. The molecule has 0 aliphatic heterocycles. The summed E-state index contributed by atoms with van der Waals surface area (Å²) in [7, 11) is -4.58. The quantitative estimate of drug-likeness (QED) is 0.223. The number of amides is 2. The highest BCUT2D eigenvalue weighted by Gasteiger charge is 2.37. The minimum absolute atomic E-state index is 0.118. The molecular weight excluding hydrogens is 638 g/mol. The second-order valence-electron chi connectivity index (χ2n) is 10.7. The fraction of sp³-hybridized carbons (Fsp3) is 0.355. The van der Waals surface area contributed by atoms with Gasteiger partial charge in [-0.15, -0.1) is 0 Å². The molecule has 0 aromatic heterocycles. The van der Waals surface area contributed by atoms with Crippen molar-refractivity contribution >= 4 is 50.7 Å². The Morgan fingerprint density at radius 1 is 0.955 bits per heavy atom. The summed E-state index contributed by atoms with van der Waals surface area (Å²) in [6.07, 6.45) is -4.72. The number of sulfonamides is 1. The second kappa shape index (κ2) is 14.7. The van der Waals surface area contributed by atoms with Crippen LogP contribution in [-0.4, -0.2) is 44.3 Å². The van der Waals surface area contributed by atoms with E-state index in [1.165, 1.54) is 29.2 Å². The van der Waals surface area contributed by atoms with Crippen LogP contribution in [0.25, 0.3) is 0 Å². The fourth-order valence-corrected chi connectivity index (χ4v) is 6.23. The van der Waals surface area contributed by atoms with Gasteiger partial charge in [0.05, 0.1) is 21.2 Å². The monoisotopic (exact) mass is 671 g/mol. The summed E-state index contributed by atoms with van der Waals surface area (Å²) < 4.78 is 69.9. The van der Waals surface area contributed by atoms with E-state index in [0.717, 1.165) is 17.7 Å². The van der Waals surface area contributed by atoms with E-state index in [0.29, 0.717) is 27.5 Å². The molecule has 1 N–H and O–H groups in total. The SMILES string of the molecule is CCC(C(=O)NCC(C)C)N(Cc1ccccc1Cl)C(=O)CN(c1ccc(Cl)c(C(F)(F)F)c1)S(=O)(=O)c1ccc(C)cc1. The van der Waals surface area contributed by atoms with Gasteiger partial charge in [0.1, 0.15) is 12.6 Å². The Kier molecular flexibility index (Phi) is 11.7. The van der Waals surface area contributed by atoms with Gasteiger partial charge in [0.25, 0.3) is 10.0 Å². The summed E-state index contributed by atoms with van der Waals surface area (Å²) in [5.74, 6) is -1.16. The van der Waals surface area contributed by atoms with E-state index in [1.807, 2.05) is 13.8 Å². The molecule has 44 heavy (non-hydrogen) atoms. The highest BCUT2D eigenvalue weighted by molar-refractivity contribution is 7.92. The number of rotatable bonds is 12. The first kappa shape index (κ1) is 35.2. The molecule has 0 saturated heterocycles. The van der Waals surface area contributed by atoms with Crippen LogP contribution < -0.4 is 9.62 Å². The summed E-state index contributed by atoms with van der Waals surface area (Å²) >= 11 is 12.2. The van der Waals surface area contributed by atoms with Crippen LogP contribution >= 0.6 is 23.2 Å². The number of benzene rings is 3. The number of hydrogen-bond acceptors (Lipinski definition) is 4. The number of carbonyl (C=O) groups is 2. The van der Waals surface area contributed by atoms with E-state index in [9.17, 15) is 31.2 Å². The van der Waals surface area contributed by atoms with E-state index < -0.39 is 56.9 Å². The van der Waals surface area contributed by atoms with Crippen LogP contribution in [0, 0.1) is 12.8 Å². The Morgan fingerprint density at radius 3 is 2.16 bits per heavy atom. The van der Waals surface area contributed by atoms with Crippen molar-refractivity contribution in [3.05, 3.63) is 93.5 Å². The third-order valence-corrected chi connectivity index (χ3v) is 9.29. The Bertz CT molecular complexity index is 1580. The van der Waals surface area contributed by atoms with E-state index in [4.69, 9.17) is 23.2 Å². The zero-order valence-electron chi connectivity index (χ0n) is 24.7. The maximum atomic E-state index is 14.1. The Morgan fingerprint density at radius 2 is 1.59 bits per heavy atom. The Labute approximate surface area is 266 Å². The van der Waals surface area contributed by atoms with Gasteiger partial charge in [0.2, 0.25) is 11.8 Å². The molecule has 3 aromatic rings. The molecule has 0 radical (unpaired) electrons. The van der Waals surface area contributed by atoms with E-state index in [2.05, 4.69) is 5.32 Å². The third kappa shape index (κ3) is 8.67. The van der Waals surface area contributed by atoms with Gasteiger partial charge >= 0.3 is 6.18 Å². The number of nitrogens with one attached hydrogen (secondary N) is 1. The average molecular weight is 673 g/mol. The molecule has 0 fully saturated rings. The number of alkyl halides is 3. The molecule has 0 heterocycles. The number of carbonyl (C=O) groups excluding carboxylic acids is 2. The van der Waals surface area contributed by atoms with Crippen molar-refractivity contribution in [3.8, 4) is 0 Å². The minimum atomic E-state index is -4.89. The molecule has 0 aliphatic carbocycles. The molecule has 0 bridgehead atoms. The van der Waals surface area contributed by atoms with Gasteiger partial charge in [0, 0.05) is 18.1 Å². The number of nitrogens with zero attached hydrogens (tertiary/aromatic N) is 2.